The molecule has 1 unspecified atom stereocenters. The SMILES string of the molecule is NNC(Cc1cc(Br)cs1)c1cccc(I)c1. The number of hydrogen-bond acceptors (Lipinski definition) is 3. The van der Waals surface area contributed by atoms with Crippen LogP contribution in [0.3, 0.4) is 0 Å². The summed E-state index contributed by atoms with van der Waals surface area (Å²) in [6.07, 6.45) is 0.910. The minimum Gasteiger partial charge on any atom is -0.271 e. The first-order valence-electron chi connectivity index (χ1n) is 5.13. The molecule has 2 rings (SSSR count). The number of nitrogens with one attached hydrogen (secondary N) is 1. The standard InChI is InChI=1S/C12H12BrIN2S/c13-9-5-11(17-7-9)6-12(16-15)8-2-1-3-10(14)4-8/h1-5,7,12,16H,6,15H2. The maximum Gasteiger partial charge on any atom is 0.0508 e. The molecule has 90 valence electrons. The summed E-state index contributed by atoms with van der Waals surface area (Å²) in [5.74, 6) is 5.65. The summed E-state index contributed by atoms with van der Waals surface area (Å²) in [6.45, 7) is 0. The Morgan fingerprint density at radius 1 is 1.41 bits per heavy atom. The smallest absolute Gasteiger partial charge is 0.0508 e. The Kier molecular flexibility index (Phi) is 4.98. The Bertz CT molecular complexity index is 501. The summed E-state index contributed by atoms with van der Waals surface area (Å²) >= 11 is 7.53. The quantitative estimate of drug-likeness (QED) is 0.446. The van der Waals surface area contributed by atoms with E-state index in [0.29, 0.717) is 0 Å². The van der Waals surface area contributed by atoms with Gasteiger partial charge in [0.05, 0.1) is 6.04 Å². The highest BCUT2D eigenvalue weighted by atomic mass is 127. The first-order valence-corrected chi connectivity index (χ1v) is 7.88. The second-order valence-corrected chi connectivity index (χ2v) is 6.87. The fraction of sp³-hybridized carbons (Fsp3) is 0.167. The van der Waals surface area contributed by atoms with Gasteiger partial charge in [-0.25, -0.2) is 0 Å². The van der Waals surface area contributed by atoms with Crippen molar-refractivity contribution in [3.63, 3.8) is 0 Å². The number of hydrogen-bond donors (Lipinski definition) is 2. The number of nitrogens with two attached hydrogens (primary N) is 1. The number of halogens is 2. The largest absolute Gasteiger partial charge is 0.271 e. The van der Waals surface area contributed by atoms with Crippen molar-refractivity contribution < 1.29 is 0 Å². The minimum atomic E-state index is 0.162. The van der Waals surface area contributed by atoms with Crippen LogP contribution in [0.5, 0.6) is 0 Å². The Hall–Kier alpha value is 0.0500. The number of benzene rings is 1. The van der Waals surface area contributed by atoms with Crippen molar-refractivity contribution >= 4 is 49.9 Å². The molecule has 1 heterocycles. The molecule has 0 aliphatic carbocycles. The fourth-order valence-electron chi connectivity index (χ4n) is 1.66. The molecule has 5 heteroatoms. The maximum atomic E-state index is 5.65. The van der Waals surface area contributed by atoms with E-state index in [1.807, 2.05) is 0 Å². The molecule has 0 fully saturated rings. The summed E-state index contributed by atoms with van der Waals surface area (Å²) < 4.78 is 2.36. The molecule has 0 aliphatic heterocycles. The van der Waals surface area contributed by atoms with Crippen LogP contribution in [0.25, 0.3) is 0 Å². The average molecular weight is 423 g/mol. The van der Waals surface area contributed by atoms with E-state index in [9.17, 15) is 0 Å². The zero-order valence-electron chi connectivity index (χ0n) is 8.99. The number of thiophene rings is 1. The lowest BCUT2D eigenvalue weighted by Gasteiger charge is -2.15. The highest BCUT2D eigenvalue weighted by molar-refractivity contribution is 14.1. The molecule has 0 saturated heterocycles. The second kappa shape index (κ2) is 6.29. The zero-order valence-corrected chi connectivity index (χ0v) is 13.6. The first-order chi connectivity index (χ1) is 8.19. The van der Waals surface area contributed by atoms with Crippen LogP contribution in [0.1, 0.15) is 16.5 Å². The van der Waals surface area contributed by atoms with Crippen LogP contribution >= 0.6 is 49.9 Å². The molecule has 1 aromatic carbocycles. The van der Waals surface area contributed by atoms with Crippen molar-refractivity contribution in [2.45, 2.75) is 12.5 Å². The predicted molar refractivity (Wildman–Crippen MR) is 84.9 cm³/mol. The van der Waals surface area contributed by atoms with Crippen molar-refractivity contribution in [1.82, 2.24) is 5.43 Å². The molecule has 0 spiro atoms. The van der Waals surface area contributed by atoms with Crippen LogP contribution in [0.2, 0.25) is 0 Å². The van der Waals surface area contributed by atoms with Crippen LogP contribution in [0.4, 0.5) is 0 Å². The monoisotopic (exact) mass is 422 g/mol. The van der Waals surface area contributed by atoms with Gasteiger partial charge in [0.25, 0.3) is 0 Å². The van der Waals surface area contributed by atoms with Crippen molar-refractivity contribution in [2.75, 3.05) is 0 Å². The molecule has 1 atom stereocenters. The van der Waals surface area contributed by atoms with E-state index in [2.05, 4.69) is 79.7 Å². The second-order valence-electron chi connectivity index (χ2n) is 3.71. The third-order valence-corrected chi connectivity index (χ3v) is 4.87. The van der Waals surface area contributed by atoms with E-state index in [4.69, 9.17) is 5.84 Å². The van der Waals surface area contributed by atoms with Gasteiger partial charge in [-0.15, -0.1) is 11.3 Å². The van der Waals surface area contributed by atoms with E-state index in [-0.39, 0.29) is 6.04 Å². The highest BCUT2D eigenvalue weighted by Gasteiger charge is 2.12. The predicted octanol–water partition coefficient (Wildman–Crippen LogP) is 3.86. The summed E-state index contributed by atoms with van der Waals surface area (Å²) in [5, 5.41) is 2.09. The summed E-state index contributed by atoms with van der Waals surface area (Å²) in [6, 6.07) is 10.7. The fourth-order valence-corrected chi connectivity index (χ4v) is 3.72. The van der Waals surface area contributed by atoms with Crippen LogP contribution in [-0.4, -0.2) is 0 Å². The Balaban J connectivity index is 2.16. The molecular weight excluding hydrogens is 411 g/mol. The van der Waals surface area contributed by atoms with Gasteiger partial charge in [0.2, 0.25) is 0 Å². The van der Waals surface area contributed by atoms with Crippen LogP contribution < -0.4 is 11.3 Å². The van der Waals surface area contributed by atoms with E-state index in [1.165, 1.54) is 14.0 Å². The Labute approximate surface area is 127 Å². The summed E-state index contributed by atoms with van der Waals surface area (Å²) in [5.41, 5.74) is 4.12. The van der Waals surface area contributed by atoms with Gasteiger partial charge in [0.15, 0.2) is 0 Å². The number of rotatable bonds is 4. The van der Waals surface area contributed by atoms with Crippen LogP contribution in [0.15, 0.2) is 40.2 Å². The average Bonchev–Trinajstić information content (AvgIpc) is 2.72. The molecule has 0 amide bonds. The van der Waals surface area contributed by atoms with Gasteiger partial charge in [-0.3, -0.25) is 11.3 Å². The third-order valence-electron chi connectivity index (χ3n) is 2.48. The Morgan fingerprint density at radius 3 is 2.82 bits per heavy atom. The molecule has 17 heavy (non-hydrogen) atoms. The highest BCUT2D eigenvalue weighted by Crippen LogP contribution is 2.25. The zero-order chi connectivity index (χ0) is 12.3. The summed E-state index contributed by atoms with van der Waals surface area (Å²) in [7, 11) is 0. The minimum absolute atomic E-state index is 0.162. The molecule has 0 radical (unpaired) electrons. The van der Waals surface area contributed by atoms with Crippen LogP contribution in [0, 0.1) is 3.57 Å². The number of hydrazine groups is 1. The van der Waals surface area contributed by atoms with Gasteiger partial charge >= 0.3 is 0 Å². The van der Waals surface area contributed by atoms with E-state index < -0.39 is 0 Å². The van der Waals surface area contributed by atoms with Crippen molar-refractivity contribution in [3.05, 3.63) is 54.2 Å². The molecular formula is C12H12BrIN2S. The molecule has 2 aromatic rings. The topological polar surface area (TPSA) is 38.0 Å². The molecule has 3 N–H and O–H groups in total. The van der Waals surface area contributed by atoms with Gasteiger partial charge in [-0.05, 0) is 62.3 Å². The molecule has 2 nitrogen and oxygen atoms in total. The van der Waals surface area contributed by atoms with Gasteiger partial charge in [0, 0.05) is 24.7 Å². The van der Waals surface area contributed by atoms with Crippen molar-refractivity contribution in [3.8, 4) is 0 Å². The molecule has 0 aliphatic rings. The normalized spacial score (nSPS) is 12.6. The van der Waals surface area contributed by atoms with Gasteiger partial charge in [-0.1, -0.05) is 12.1 Å². The maximum absolute atomic E-state index is 5.65. The van der Waals surface area contributed by atoms with E-state index >= 15 is 0 Å². The van der Waals surface area contributed by atoms with Gasteiger partial charge in [-0.2, -0.15) is 0 Å². The molecule has 0 saturated carbocycles. The summed E-state index contributed by atoms with van der Waals surface area (Å²) in [4.78, 5) is 1.32. The molecule has 0 bridgehead atoms. The lowest BCUT2D eigenvalue weighted by Crippen LogP contribution is -2.29. The van der Waals surface area contributed by atoms with Gasteiger partial charge < -0.3 is 0 Å². The lowest BCUT2D eigenvalue weighted by molar-refractivity contribution is 0.555. The van der Waals surface area contributed by atoms with Crippen molar-refractivity contribution in [2.24, 2.45) is 5.84 Å². The van der Waals surface area contributed by atoms with E-state index in [1.54, 1.807) is 11.3 Å². The van der Waals surface area contributed by atoms with Crippen LogP contribution in [-0.2, 0) is 6.42 Å². The molecule has 1 aromatic heterocycles. The first kappa shape index (κ1) is 13.5. The lowest BCUT2D eigenvalue weighted by atomic mass is 10.0. The van der Waals surface area contributed by atoms with E-state index in [0.717, 1.165) is 10.9 Å². The third kappa shape index (κ3) is 3.75. The van der Waals surface area contributed by atoms with Gasteiger partial charge in [0.1, 0.15) is 0 Å². The van der Waals surface area contributed by atoms with Crippen molar-refractivity contribution in [1.29, 1.82) is 0 Å². The Morgan fingerprint density at radius 2 is 2.24 bits per heavy atom.